The highest BCUT2D eigenvalue weighted by Crippen LogP contribution is 2.32. The second kappa shape index (κ2) is 7.09. The predicted molar refractivity (Wildman–Crippen MR) is 84.8 cm³/mol. The molecule has 0 saturated carbocycles. The zero-order valence-corrected chi connectivity index (χ0v) is 12.8. The van der Waals surface area contributed by atoms with Gasteiger partial charge in [-0.2, -0.15) is 4.99 Å². The second-order valence-electron chi connectivity index (χ2n) is 5.09. The number of hydrogen-bond donors (Lipinski definition) is 0. The number of isocyanates is 1. The highest BCUT2D eigenvalue weighted by atomic mass is 16.7. The van der Waals surface area contributed by atoms with Crippen molar-refractivity contribution in [3.63, 3.8) is 0 Å². The van der Waals surface area contributed by atoms with Crippen molar-refractivity contribution in [3.05, 3.63) is 59.6 Å². The Kier molecular flexibility index (Phi) is 4.71. The van der Waals surface area contributed by atoms with Crippen molar-refractivity contribution in [2.24, 2.45) is 4.99 Å². The Morgan fingerprint density at radius 2 is 2.13 bits per heavy atom. The van der Waals surface area contributed by atoms with Gasteiger partial charge in [-0.15, -0.1) is 0 Å². The number of ether oxygens (including phenoxy) is 3. The van der Waals surface area contributed by atoms with Crippen LogP contribution in [-0.4, -0.2) is 19.0 Å². The molecule has 1 aliphatic carbocycles. The van der Waals surface area contributed by atoms with Gasteiger partial charge in [0.1, 0.15) is 17.3 Å². The van der Waals surface area contributed by atoms with Gasteiger partial charge in [-0.25, -0.2) is 4.79 Å². The summed E-state index contributed by atoms with van der Waals surface area (Å²) in [6.07, 6.45) is 8.85. The molecular weight excluding hydrogens is 294 g/mol. The lowest BCUT2D eigenvalue weighted by molar-refractivity contribution is -0.112. The molecule has 0 radical (unpaired) electrons. The Balaban J connectivity index is 1.70. The summed E-state index contributed by atoms with van der Waals surface area (Å²) in [7, 11) is 0. The zero-order valence-electron chi connectivity index (χ0n) is 12.8. The van der Waals surface area contributed by atoms with Crippen molar-refractivity contribution in [1.29, 1.82) is 0 Å². The fourth-order valence-corrected chi connectivity index (χ4v) is 2.45. The first-order valence-corrected chi connectivity index (χ1v) is 7.54. The number of allylic oxidation sites excluding steroid dienone is 3. The minimum atomic E-state index is -0.227. The summed E-state index contributed by atoms with van der Waals surface area (Å²) in [6.45, 7) is 2.57. The van der Waals surface area contributed by atoms with E-state index in [0.29, 0.717) is 18.0 Å². The van der Waals surface area contributed by atoms with E-state index < -0.39 is 0 Å². The summed E-state index contributed by atoms with van der Waals surface area (Å²) < 4.78 is 17.2. The quantitative estimate of drug-likeness (QED) is 0.611. The van der Waals surface area contributed by atoms with Crippen LogP contribution in [-0.2, 0) is 14.3 Å². The molecule has 3 rings (SSSR count). The average Bonchev–Trinajstić information content (AvgIpc) is 2.57. The first-order valence-electron chi connectivity index (χ1n) is 7.54. The summed E-state index contributed by atoms with van der Waals surface area (Å²) in [6, 6.07) is 6.91. The van der Waals surface area contributed by atoms with Gasteiger partial charge in [0.25, 0.3) is 0 Å². The summed E-state index contributed by atoms with van der Waals surface area (Å²) in [5.41, 5.74) is 1.70. The molecule has 1 atom stereocenters. The topological polar surface area (TPSA) is 57.1 Å². The number of aliphatic imine (C=N–C) groups is 1. The minimum absolute atomic E-state index is 0.227. The molecular formula is C18H17NO4. The molecule has 118 valence electrons. The van der Waals surface area contributed by atoms with Crippen molar-refractivity contribution in [3.8, 4) is 5.75 Å². The molecule has 1 aromatic rings. The van der Waals surface area contributed by atoms with E-state index in [2.05, 4.69) is 11.1 Å². The van der Waals surface area contributed by atoms with E-state index in [9.17, 15) is 4.79 Å². The molecule has 0 spiro atoms. The van der Waals surface area contributed by atoms with Crippen molar-refractivity contribution in [2.45, 2.75) is 26.1 Å². The van der Waals surface area contributed by atoms with E-state index in [4.69, 9.17) is 14.2 Å². The van der Waals surface area contributed by atoms with Crippen LogP contribution in [0.5, 0.6) is 5.75 Å². The van der Waals surface area contributed by atoms with Gasteiger partial charge in [0.15, 0.2) is 0 Å². The molecule has 5 nitrogen and oxygen atoms in total. The predicted octanol–water partition coefficient (Wildman–Crippen LogP) is 3.91. The Hall–Kier alpha value is -2.62. The number of fused-ring (bicyclic) bond motifs is 1. The van der Waals surface area contributed by atoms with Crippen LogP contribution in [0.15, 0.2) is 64.6 Å². The Morgan fingerprint density at radius 1 is 1.30 bits per heavy atom. The van der Waals surface area contributed by atoms with Crippen LogP contribution in [0.2, 0.25) is 0 Å². The second-order valence-corrected chi connectivity index (χ2v) is 5.09. The summed E-state index contributed by atoms with van der Waals surface area (Å²) in [4.78, 5) is 13.8. The van der Waals surface area contributed by atoms with Gasteiger partial charge in [-0.3, -0.25) is 0 Å². The number of carbonyl (C=O) groups excluding carboxylic acids is 1. The fraction of sp³-hybridized carbons (Fsp3) is 0.278. The lowest BCUT2D eigenvalue weighted by Crippen LogP contribution is -2.22. The Morgan fingerprint density at radius 3 is 2.87 bits per heavy atom. The largest absolute Gasteiger partial charge is 0.464 e. The monoisotopic (exact) mass is 311 g/mol. The highest BCUT2D eigenvalue weighted by Gasteiger charge is 2.22. The van der Waals surface area contributed by atoms with Gasteiger partial charge in [-0.05, 0) is 49.3 Å². The third-order valence-corrected chi connectivity index (χ3v) is 3.53. The van der Waals surface area contributed by atoms with Crippen LogP contribution >= 0.6 is 0 Å². The molecule has 5 heteroatoms. The molecule has 0 bridgehead atoms. The van der Waals surface area contributed by atoms with Crippen LogP contribution in [0.25, 0.3) is 0 Å². The third kappa shape index (κ3) is 3.77. The first-order chi connectivity index (χ1) is 11.3. The third-order valence-electron chi connectivity index (χ3n) is 3.53. The first kappa shape index (κ1) is 15.3. The van der Waals surface area contributed by atoms with E-state index in [-0.39, 0.29) is 6.29 Å². The molecule has 1 aromatic carbocycles. The van der Waals surface area contributed by atoms with Gasteiger partial charge in [-0.1, -0.05) is 6.08 Å². The van der Waals surface area contributed by atoms with Crippen molar-refractivity contribution < 1.29 is 19.0 Å². The molecule has 0 saturated heterocycles. The van der Waals surface area contributed by atoms with Crippen LogP contribution in [0.3, 0.4) is 0 Å². The van der Waals surface area contributed by atoms with Crippen molar-refractivity contribution in [1.82, 2.24) is 0 Å². The van der Waals surface area contributed by atoms with E-state index >= 15 is 0 Å². The van der Waals surface area contributed by atoms with Crippen LogP contribution in [0.4, 0.5) is 5.69 Å². The Bertz CT molecular complexity index is 709. The summed E-state index contributed by atoms with van der Waals surface area (Å²) in [5, 5.41) is 0. The number of rotatable bonds is 5. The van der Waals surface area contributed by atoms with Gasteiger partial charge >= 0.3 is 0 Å². The maximum atomic E-state index is 10.2. The molecule has 0 aromatic heterocycles. The van der Waals surface area contributed by atoms with Gasteiger partial charge in [0, 0.05) is 19.1 Å². The molecule has 1 heterocycles. The van der Waals surface area contributed by atoms with Crippen molar-refractivity contribution >= 4 is 11.8 Å². The summed E-state index contributed by atoms with van der Waals surface area (Å²) >= 11 is 0. The number of benzene rings is 1. The number of nitrogens with zero attached hydrogens (tertiary/aromatic N) is 1. The molecule has 0 fully saturated rings. The minimum Gasteiger partial charge on any atom is -0.464 e. The van der Waals surface area contributed by atoms with E-state index in [0.717, 1.165) is 29.9 Å². The normalized spacial score (nSPS) is 19.3. The summed E-state index contributed by atoms with van der Waals surface area (Å²) in [5.74, 6) is 2.19. The smallest absolute Gasteiger partial charge is 0.240 e. The van der Waals surface area contributed by atoms with Crippen LogP contribution in [0.1, 0.15) is 19.8 Å². The van der Waals surface area contributed by atoms with Crippen molar-refractivity contribution in [2.75, 3.05) is 6.61 Å². The highest BCUT2D eigenvalue weighted by molar-refractivity contribution is 5.50. The molecule has 1 aliphatic heterocycles. The lowest BCUT2D eigenvalue weighted by Gasteiger charge is -2.27. The number of hydrogen-bond acceptors (Lipinski definition) is 5. The Labute approximate surface area is 134 Å². The molecule has 0 N–H and O–H groups in total. The SMILES string of the molecule is CCOC1CC=C2CC=C(Oc3ccc(N=C=O)cc3)C=C2O1. The van der Waals surface area contributed by atoms with E-state index in [1.165, 1.54) is 6.08 Å². The maximum Gasteiger partial charge on any atom is 0.240 e. The lowest BCUT2D eigenvalue weighted by atomic mass is 10.0. The molecule has 2 aliphatic rings. The van der Waals surface area contributed by atoms with Gasteiger partial charge in [0.05, 0.1) is 5.69 Å². The zero-order chi connectivity index (χ0) is 16.1. The molecule has 23 heavy (non-hydrogen) atoms. The van der Waals surface area contributed by atoms with E-state index in [1.807, 2.05) is 19.1 Å². The van der Waals surface area contributed by atoms with Gasteiger partial charge < -0.3 is 14.2 Å². The van der Waals surface area contributed by atoms with Crippen LogP contribution in [0, 0.1) is 0 Å². The molecule has 1 unspecified atom stereocenters. The van der Waals surface area contributed by atoms with E-state index in [1.54, 1.807) is 24.3 Å². The molecule has 0 amide bonds. The van der Waals surface area contributed by atoms with Crippen LogP contribution < -0.4 is 4.74 Å². The standard InChI is InChI=1S/C18H17NO4/c1-2-21-18-10-4-13-3-7-16(11-17(13)23-18)22-15-8-5-14(6-9-15)19-12-20/h4-9,11,18H,2-3,10H2,1H3. The maximum absolute atomic E-state index is 10.2. The fourth-order valence-electron chi connectivity index (χ4n) is 2.45. The van der Waals surface area contributed by atoms with Gasteiger partial charge in [0.2, 0.25) is 12.4 Å². The average molecular weight is 311 g/mol.